The van der Waals surface area contributed by atoms with Crippen LogP contribution in [0.2, 0.25) is 0 Å². The molecular weight excluding hydrogens is 400 g/mol. The number of carbonyl (C=O) groups is 1. The lowest BCUT2D eigenvalue weighted by atomic mass is 9.48. The number of rotatable bonds is 15. The Bertz CT molecular complexity index is 613. The number of hydrogen-bond acceptors (Lipinski definition) is 3. The van der Waals surface area contributed by atoms with Gasteiger partial charge in [0.05, 0.1) is 30.6 Å². The fourth-order valence-electron chi connectivity index (χ4n) is 7.81. The average Bonchev–Trinajstić information content (AvgIpc) is 2.71. The Balaban J connectivity index is 1.10. The Kier molecular flexibility index (Phi) is 8.23. The summed E-state index contributed by atoms with van der Waals surface area (Å²) in [5, 5.41) is 9.76. The molecule has 4 heteroatoms. The Labute approximate surface area is 195 Å². The van der Waals surface area contributed by atoms with Crippen LogP contribution in [0.5, 0.6) is 0 Å². The highest BCUT2D eigenvalue weighted by Gasteiger charge is 2.51. The first kappa shape index (κ1) is 24.1. The van der Waals surface area contributed by atoms with Crippen LogP contribution in [0.15, 0.2) is 11.8 Å². The van der Waals surface area contributed by atoms with E-state index in [2.05, 4.69) is 6.92 Å². The highest BCUT2D eigenvalue weighted by Crippen LogP contribution is 2.62. The molecule has 0 aromatic carbocycles. The first-order valence-corrected chi connectivity index (χ1v) is 13.7. The molecule has 0 radical (unpaired) electrons. The first-order valence-electron chi connectivity index (χ1n) is 13.7. The maximum atomic E-state index is 11.9. The first-order chi connectivity index (χ1) is 15.5. The maximum Gasteiger partial charge on any atom is 0.334 e. The fraction of sp³-hybridized carbons (Fsp3) is 0.893. The molecule has 1 N–H and O–H groups in total. The number of unbranched alkanes of at least 4 members (excludes halogenated alkanes) is 5. The molecule has 1 atom stereocenters. The van der Waals surface area contributed by atoms with E-state index in [0.29, 0.717) is 18.6 Å². The van der Waals surface area contributed by atoms with Crippen LogP contribution in [-0.2, 0) is 14.3 Å². The average molecular weight is 447 g/mol. The van der Waals surface area contributed by atoms with Crippen molar-refractivity contribution >= 4 is 5.97 Å². The van der Waals surface area contributed by atoms with Gasteiger partial charge in [0, 0.05) is 0 Å². The van der Waals surface area contributed by atoms with Crippen LogP contribution in [0.3, 0.4) is 0 Å². The molecule has 4 aliphatic carbocycles. The van der Waals surface area contributed by atoms with Crippen LogP contribution in [-0.4, -0.2) is 29.9 Å². The van der Waals surface area contributed by atoms with E-state index in [1.54, 1.807) is 6.26 Å². The zero-order chi connectivity index (χ0) is 22.4. The minimum absolute atomic E-state index is 0.216. The van der Waals surface area contributed by atoms with Gasteiger partial charge in [0.2, 0.25) is 0 Å². The van der Waals surface area contributed by atoms with E-state index in [1.165, 1.54) is 89.9 Å². The van der Waals surface area contributed by atoms with Gasteiger partial charge in [-0.1, -0.05) is 45.4 Å². The predicted molar refractivity (Wildman–Crippen MR) is 127 cm³/mol. The molecule has 4 nitrogen and oxygen atoms in total. The number of carboxylic acids is 1. The van der Waals surface area contributed by atoms with Crippen LogP contribution in [0.1, 0.15) is 116 Å². The van der Waals surface area contributed by atoms with Crippen molar-refractivity contribution in [1.82, 2.24) is 0 Å². The molecule has 0 aromatic heterocycles. The van der Waals surface area contributed by atoms with Crippen molar-refractivity contribution in [3.05, 3.63) is 11.8 Å². The molecule has 1 saturated heterocycles. The molecule has 182 valence electrons. The largest absolute Gasteiger partial charge is 0.501 e. The molecule has 4 saturated carbocycles. The van der Waals surface area contributed by atoms with Gasteiger partial charge in [0.25, 0.3) is 0 Å². The van der Waals surface area contributed by atoms with Gasteiger partial charge in [-0.05, 0) is 93.8 Å². The van der Waals surface area contributed by atoms with Crippen LogP contribution in [0, 0.1) is 23.2 Å². The predicted octanol–water partition coefficient (Wildman–Crippen LogP) is 7.27. The van der Waals surface area contributed by atoms with Crippen molar-refractivity contribution in [2.24, 2.45) is 23.2 Å². The van der Waals surface area contributed by atoms with E-state index >= 15 is 0 Å². The molecule has 5 rings (SSSR count). The van der Waals surface area contributed by atoms with Gasteiger partial charge in [-0.15, -0.1) is 0 Å². The lowest BCUT2D eigenvalue weighted by Gasteiger charge is -2.57. The molecule has 5 fully saturated rings. The second-order valence-corrected chi connectivity index (χ2v) is 11.8. The van der Waals surface area contributed by atoms with Gasteiger partial charge < -0.3 is 14.6 Å². The number of ether oxygens (including phenoxy) is 2. The van der Waals surface area contributed by atoms with Crippen LogP contribution in [0.25, 0.3) is 0 Å². The summed E-state index contributed by atoms with van der Waals surface area (Å²) in [5.41, 5.74) is 0.972. The summed E-state index contributed by atoms with van der Waals surface area (Å²) in [7, 11) is 0. The summed E-state index contributed by atoms with van der Waals surface area (Å²) in [6, 6.07) is 0. The van der Waals surface area contributed by atoms with E-state index in [1.807, 2.05) is 0 Å². The molecule has 0 spiro atoms. The Morgan fingerprint density at radius 1 is 0.969 bits per heavy atom. The quantitative estimate of drug-likeness (QED) is 0.163. The summed E-state index contributed by atoms with van der Waals surface area (Å²) >= 11 is 0. The normalized spacial score (nSPS) is 35.7. The van der Waals surface area contributed by atoms with Crippen molar-refractivity contribution in [3.63, 3.8) is 0 Å². The third kappa shape index (κ3) is 6.10. The van der Waals surface area contributed by atoms with Crippen LogP contribution >= 0.6 is 0 Å². The number of hydrogen-bond donors (Lipinski definition) is 1. The van der Waals surface area contributed by atoms with Crippen molar-refractivity contribution in [2.75, 3.05) is 13.2 Å². The summed E-state index contributed by atoms with van der Waals surface area (Å²) in [6.45, 7) is 3.85. The third-order valence-electron chi connectivity index (χ3n) is 9.08. The minimum Gasteiger partial charge on any atom is -0.501 e. The van der Waals surface area contributed by atoms with Crippen LogP contribution < -0.4 is 0 Å². The van der Waals surface area contributed by atoms with Gasteiger partial charge in [-0.25, -0.2) is 4.79 Å². The summed E-state index contributed by atoms with van der Waals surface area (Å²) < 4.78 is 11.7. The number of aliphatic carboxylic acids is 1. The van der Waals surface area contributed by atoms with Gasteiger partial charge >= 0.3 is 5.97 Å². The standard InChI is InChI=1S/C28H46O4/c1-2-3-9-28(11-13-32-28)10-7-5-4-6-8-12-31-21-25(26(29)30)20-27-17-22-14-23(18-27)16-24(15-22)19-27/h21-24H,2-20H2,1H3,(H,29,30). The molecular formula is C28H46O4. The molecule has 0 aromatic rings. The Hall–Kier alpha value is -1.03. The lowest BCUT2D eigenvalue weighted by Crippen LogP contribution is -2.46. The number of carboxylic acid groups (broad SMARTS) is 1. The second-order valence-electron chi connectivity index (χ2n) is 11.8. The van der Waals surface area contributed by atoms with Gasteiger partial charge in [0.15, 0.2) is 0 Å². The molecule has 1 unspecified atom stereocenters. The van der Waals surface area contributed by atoms with Gasteiger partial charge in [-0.2, -0.15) is 0 Å². The summed E-state index contributed by atoms with van der Waals surface area (Å²) in [6.07, 6.45) is 22.4. The Morgan fingerprint density at radius 2 is 1.56 bits per heavy atom. The Morgan fingerprint density at radius 3 is 2.12 bits per heavy atom. The monoisotopic (exact) mass is 446 g/mol. The molecule has 5 aliphatic rings. The van der Waals surface area contributed by atoms with E-state index in [4.69, 9.17) is 9.47 Å². The molecule has 4 bridgehead atoms. The van der Waals surface area contributed by atoms with E-state index < -0.39 is 5.97 Å². The lowest BCUT2D eigenvalue weighted by molar-refractivity contribution is -0.157. The summed E-state index contributed by atoms with van der Waals surface area (Å²) in [5.74, 6) is 1.79. The second kappa shape index (κ2) is 10.9. The highest BCUT2D eigenvalue weighted by atomic mass is 16.5. The van der Waals surface area contributed by atoms with Gasteiger partial charge in [0.1, 0.15) is 0 Å². The van der Waals surface area contributed by atoms with E-state index in [-0.39, 0.29) is 11.0 Å². The SMILES string of the molecule is CCCCC1(CCCCCCCOC=C(CC23CC4CC(CC(C4)C2)C3)C(=O)O)CCO1. The van der Waals surface area contributed by atoms with Crippen molar-refractivity contribution in [1.29, 1.82) is 0 Å². The highest BCUT2D eigenvalue weighted by molar-refractivity contribution is 5.86. The van der Waals surface area contributed by atoms with Crippen molar-refractivity contribution in [3.8, 4) is 0 Å². The van der Waals surface area contributed by atoms with E-state index in [0.717, 1.165) is 37.2 Å². The fourth-order valence-corrected chi connectivity index (χ4v) is 7.81. The molecule has 1 heterocycles. The van der Waals surface area contributed by atoms with E-state index in [9.17, 15) is 9.90 Å². The molecule has 0 amide bonds. The third-order valence-corrected chi connectivity index (χ3v) is 9.08. The zero-order valence-corrected chi connectivity index (χ0v) is 20.4. The molecule has 32 heavy (non-hydrogen) atoms. The maximum absolute atomic E-state index is 11.9. The van der Waals surface area contributed by atoms with Crippen molar-refractivity contribution < 1.29 is 19.4 Å². The topological polar surface area (TPSA) is 55.8 Å². The van der Waals surface area contributed by atoms with Gasteiger partial charge in [-0.3, -0.25) is 0 Å². The minimum atomic E-state index is -0.782. The summed E-state index contributed by atoms with van der Waals surface area (Å²) in [4.78, 5) is 11.9. The smallest absolute Gasteiger partial charge is 0.334 e. The van der Waals surface area contributed by atoms with Crippen molar-refractivity contribution in [2.45, 2.75) is 122 Å². The zero-order valence-electron chi connectivity index (χ0n) is 20.4. The van der Waals surface area contributed by atoms with Crippen LogP contribution in [0.4, 0.5) is 0 Å². The molecule has 1 aliphatic heterocycles.